The SMILES string of the molecule is Cn1cnc(=O)n1[C@@H]1CCCN(c2cccc(F)c2)C1=O. The van der Waals surface area contributed by atoms with Crippen LogP contribution in [0, 0.1) is 5.82 Å². The van der Waals surface area contributed by atoms with Crippen molar-refractivity contribution in [2.75, 3.05) is 11.4 Å². The number of hydrogen-bond donors (Lipinski definition) is 0. The first-order valence-electron chi connectivity index (χ1n) is 6.75. The fraction of sp³-hybridized carbons (Fsp3) is 0.357. The van der Waals surface area contributed by atoms with Crippen LogP contribution in [0.25, 0.3) is 0 Å². The lowest BCUT2D eigenvalue weighted by atomic mass is 10.0. The Morgan fingerprint density at radius 3 is 2.81 bits per heavy atom. The first kappa shape index (κ1) is 13.5. The number of aromatic nitrogens is 3. The molecule has 0 N–H and O–H groups in total. The van der Waals surface area contributed by atoms with Gasteiger partial charge in [-0.05, 0) is 31.0 Å². The maximum Gasteiger partial charge on any atom is 0.364 e. The molecule has 1 aliphatic rings. The van der Waals surface area contributed by atoms with Crippen LogP contribution >= 0.6 is 0 Å². The summed E-state index contributed by atoms with van der Waals surface area (Å²) in [5, 5.41) is 0. The minimum atomic E-state index is -0.595. The third-order valence-corrected chi connectivity index (χ3v) is 3.70. The summed E-state index contributed by atoms with van der Waals surface area (Å²) in [4.78, 5) is 29.6. The minimum Gasteiger partial charge on any atom is -0.310 e. The molecule has 6 nitrogen and oxygen atoms in total. The van der Waals surface area contributed by atoms with E-state index in [9.17, 15) is 14.0 Å². The van der Waals surface area contributed by atoms with Gasteiger partial charge in [-0.15, -0.1) is 0 Å². The van der Waals surface area contributed by atoms with Crippen molar-refractivity contribution in [2.24, 2.45) is 7.05 Å². The summed E-state index contributed by atoms with van der Waals surface area (Å²) in [6.07, 6.45) is 2.70. The molecule has 1 atom stereocenters. The maximum absolute atomic E-state index is 13.3. The van der Waals surface area contributed by atoms with Crippen molar-refractivity contribution in [3.05, 3.63) is 46.9 Å². The second kappa shape index (κ2) is 5.16. The summed E-state index contributed by atoms with van der Waals surface area (Å²) in [5.74, 6) is -0.599. The van der Waals surface area contributed by atoms with E-state index >= 15 is 0 Å². The monoisotopic (exact) mass is 290 g/mol. The van der Waals surface area contributed by atoms with E-state index in [0.29, 0.717) is 18.7 Å². The summed E-state index contributed by atoms with van der Waals surface area (Å²) in [5.41, 5.74) is 0.0665. The normalized spacial score (nSPS) is 19.0. The lowest BCUT2D eigenvalue weighted by molar-refractivity contribution is -0.123. The Bertz CT molecular complexity index is 737. The summed E-state index contributed by atoms with van der Waals surface area (Å²) in [7, 11) is 1.67. The Kier molecular flexibility index (Phi) is 3.32. The second-order valence-electron chi connectivity index (χ2n) is 5.07. The van der Waals surface area contributed by atoms with Crippen LogP contribution in [0.2, 0.25) is 0 Å². The zero-order valence-corrected chi connectivity index (χ0v) is 11.6. The average molecular weight is 290 g/mol. The molecule has 0 saturated carbocycles. The third kappa shape index (κ3) is 2.35. The molecular weight excluding hydrogens is 275 g/mol. The molecule has 1 fully saturated rings. The van der Waals surface area contributed by atoms with Crippen molar-refractivity contribution in [1.82, 2.24) is 14.3 Å². The van der Waals surface area contributed by atoms with E-state index in [2.05, 4.69) is 4.98 Å². The van der Waals surface area contributed by atoms with Gasteiger partial charge in [-0.25, -0.2) is 13.9 Å². The van der Waals surface area contributed by atoms with Crippen molar-refractivity contribution in [3.63, 3.8) is 0 Å². The zero-order chi connectivity index (χ0) is 15.0. The predicted octanol–water partition coefficient (Wildman–Crippen LogP) is 1.09. The molecule has 1 aromatic carbocycles. The quantitative estimate of drug-likeness (QED) is 0.832. The number of rotatable bonds is 2. The van der Waals surface area contributed by atoms with Crippen molar-refractivity contribution in [2.45, 2.75) is 18.9 Å². The van der Waals surface area contributed by atoms with Gasteiger partial charge in [0.2, 0.25) is 0 Å². The molecule has 1 aromatic heterocycles. The number of piperidine rings is 1. The molecule has 21 heavy (non-hydrogen) atoms. The van der Waals surface area contributed by atoms with Gasteiger partial charge in [-0.2, -0.15) is 4.98 Å². The van der Waals surface area contributed by atoms with Crippen LogP contribution in [0.4, 0.5) is 10.1 Å². The van der Waals surface area contributed by atoms with Crippen LogP contribution in [0.15, 0.2) is 35.4 Å². The molecule has 2 heterocycles. The summed E-state index contributed by atoms with van der Waals surface area (Å²) < 4.78 is 16.2. The van der Waals surface area contributed by atoms with Gasteiger partial charge in [0.1, 0.15) is 18.2 Å². The number of anilines is 1. The molecule has 3 rings (SSSR count). The fourth-order valence-electron chi connectivity index (χ4n) is 2.72. The highest BCUT2D eigenvalue weighted by atomic mass is 19.1. The Hall–Kier alpha value is -2.44. The average Bonchev–Trinajstić information content (AvgIpc) is 2.79. The maximum atomic E-state index is 13.3. The Labute approximate surface area is 120 Å². The number of carbonyl (C=O) groups is 1. The number of hydrogen-bond acceptors (Lipinski definition) is 3. The number of nitrogens with zero attached hydrogens (tertiary/aromatic N) is 4. The molecule has 1 saturated heterocycles. The molecule has 7 heteroatoms. The number of benzene rings is 1. The summed E-state index contributed by atoms with van der Waals surface area (Å²) in [6.45, 7) is 0.519. The largest absolute Gasteiger partial charge is 0.364 e. The smallest absolute Gasteiger partial charge is 0.310 e. The van der Waals surface area contributed by atoms with E-state index in [0.717, 1.165) is 6.42 Å². The number of carbonyl (C=O) groups excluding carboxylic acids is 1. The molecule has 2 aromatic rings. The Balaban J connectivity index is 1.96. The summed E-state index contributed by atoms with van der Waals surface area (Å²) in [6, 6.07) is 5.32. The van der Waals surface area contributed by atoms with Crippen LogP contribution in [0.5, 0.6) is 0 Å². The molecular formula is C14H15FN4O2. The standard InChI is InChI=1S/C14H15FN4O2/c1-17-9-16-14(21)19(17)12-6-3-7-18(13(12)20)11-5-2-4-10(15)8-11/h2,4-5,8-9,12H,3,6-7H2,1H3/t12-/m1/s1. The van der Waals surface area contributed by atoms with Crippen molar-refractivity contribution < 1.29 is 9.18 Å². The topological polar surface area (TPSA) is 60.1 Å². The lowest BCUT2D eigenvalue weighted by Crippen LogP contribution is -2.45. The molecule has 0 spiro atoms. The second-order valence-corrected chi connectivity index (χ2v) is 5.07. The van der Waals surface area contributed by atoms with E-state index in [4.69, 9.17) is 0 Å². The van der Waals surface area contributed by atoms with E-state index in [1.54, 1.807) is 19.2 Å². The lowest BCUT2D eigenvalue weighted by Gasteiger charge is -2.32. The Morgan fingerprint density at radius 2 is 2.14 bits per heavy atom. The van der Waals surface area contributed by atoms with Gasteiger partial charge in [0.25, 0.3) is 5.91 Å². The van der Waals surface area contributed by atoms with Crippen LogP contribution in [0.3, 0.4) is 0 Å². The molecule has 0 radical (unpaired) electrons. The van der Waals surface area contributed by atoms with Crippen LogP contribution in [0.1, 0.15) is 18.9 Å². The van der Waals surface area contributed by atoms with Gasteiger partial charge >= 0.3 is 5.69 Å². The minimum absolute atomic E-state index is 0.211. The van der Waals surface area contributed by atoms with Crippen molar-refractivity contribution in [1.29, 1.82) is 0 Å². The predicted molar refractivity (Wildman–Crippen MR) is 74.5 cm³/mol. The third-order valence-electron chi connectivity index (χ3n) is 3.70. The van der Waals surface area contributed by atoms with Crippen LogP contribution in [-0.4, -0.2) is 26.8 Å². The van der Waals surface area contributed by atoms with E-state index < -0.39 is 11.7 Å². The van der Waals surface area contributed by atoms with Crippen LogP contribution < -0.4 is 10.6 Å². The number of halogens is 1. The highest BCUT2D eigenvalue weighted by molar-refractivity contribution is 5.96. The van der Waals surface area contributed by atoms with Gasteiger partial charge in [-0.1, -0.05) is 6.07 Å². The highest BCUT2D eigenvalue weighted by Crippen LogP contribution is 2.26. The van der Waals surface area contributed by atoms with Gasteiger partial charge in [0.05, 0.1) is 0 Å². The fourth-order valence-corrected chi connectivity index (χ4v) is 2.72. The molecule has 0 unspecified atom stereocenters. The molecule has 0 aliphatic carbocycles. The van der Waals surface area contributed by atoms with E-state index in [1.807, 2.05) is 0 Å². The first-order valence-corrected chi connectivity index (χ1v) is 6.75. The molecule has 110 valence electrons. The first-order chi connectivity index (χ1) is 10.1. The van der Waals surface area contributed by atoms with E-state index in [1.165, 1.54) is 32.7 Å². The molecule has 1 amide bonds. The van der Waals surface area contributed by atoms with Gasteiger partial charge in [0.15, 0.2) is 0 Å². The zero-order valence-electron chi connectivity index (χ0n) is 11.6. The van der Waals surface area contributed by atoms with Gasteiger partial charge in [-0.3, -0.25) is 9.48 Å². The molecule has 1 aliphatic heterocycles. The Morgan fingerprint density at radius 1 is 1.33 bits per heavy atom. The number of aryl methyl sites for hydroxylation is 1. The highest BCUT2D eigenvalue weighted by Gasteiger charge is 2.33. The van der Waals surface area contributed by atoms with Gasteiger partial charge in [0, 0.05) is 19.3 Å². The molecule has 0 bridgehead atoms. The van der Waals surface area contributed by atoms with Crippen LogP contribution in [-0.2, 0) is 11.8 Å². The number of amides is 1. The summed E-state index contributed by atoms with van der Waals surface area (Å²) >= 11 is 0. The van der Waals surface area contributed by atoms with Crippen molar-refractivity contribution in [3.8, 4) is 0 Å². The van der Waals surface area contributed by atoms with Gasteiger partial charge < -0.3 is 4.90 Å². The van der Waals surface area contributed by atoms with Crippen molar-refractivity contribution >= 4 is 11.6 Å². The van der Waals surface area contributed by atoms with E-state index in [-0.39, 0.29) is 11.7 Å².